The van der Waals surface area contributed by atoms with Gasteiger partial charge in [-0.15, -0.1) is 0 Å². The second-order valence-electron chi connectivity index (χ2n) is 5.19. The maximum atomic E-state index is 12.1. The molecule has 0 aliphatic carbocycles. The molecule has 0 spiro atoms. The fourth-order valence-electron chi connectivity index (χ4n) is 2.06. The van der Waals surface area contributed by atoms with Crippen molar-refractivity contribution in [2.45, 2.75) is 19.5 Å². The van der Waals surface area contributed by atoms with E-state index in [1.807, 2.05) is 36.4 Å². The Hall–Kier alpha value is -3.22. The van der Waals surface area contributed by atoms with Crippen molar-refractivity contribution in [3.63, 3.8) is 0 Å². The van der Waals surface area contributed by atoms with Gasteiger partial charge in [0.15, 0.2) is 0 Å². The number of benzene rings is 1. The lowest BCUT2D eigenvalue weighted by molar-refractivity contribution is -0.124. The molecule has 0 fully saturated rings. The highest BCUT2D eigenvalue weighted by molar-refractivity contribution is 5.79. The van der Waals surface area contributed by atoms with Crippen LogP contribution in [0.15, 0.2) is 61.3 Å². The van der Waals surface area contributed by atoms with Crippen LogP contribution in [0.4, 0.5) is 0 Å². The molecule has 1 atom stereocenters. The van der Waals surface area contributed by atoms with Gasteiger partial charge in [-0.05, 0) is 24.6 Å². The molecule has 3 aromatic rings. The number of ether oxygens (including phenoxy) is 1. The molecule has 1 N–H and O–H groups in total. The van der Waals surface area contributed by atoms with Gasteiger partial charge in [0.1, 0.15) is 24.4 Å². The minimum absolute atomic E-state index is 0.134. The zero-order chi connectivity index (χ0) is 16.8. The van der Waals surface area contributed by atoms with Crippen molar-refractivity contribution in [1.82, 2.24) is 25.1 Å². The lowest BCUT2D eigenvalue weighted by atomic mass is 10.2. The van der Waals surface area contributed by atoms with Gasteiger partial charge >= 0.3 is 0 Å². The van der Waals surface area contributed by atoms with Gasteiger partial charge in [0.25, 0.3) is 0 Å². The standard InChI is InChI=1S/C17H17N5O2/c1-13(22-12-18-11-21-22)17(23)20-10-14-7-8-16(19-9-14)24-15-5-3-2-4-6-15/h2-9,11-13H,10H2,1H3,(H,20,23)/t13-/m1/s1. The van der Waals surface area contributed by atoms with Crippen molar-refractivity contribution in [2.24, 2.45) is 0 Å². The molecule has 122 valence electrons. The Labute approximate surface area is 139 Å². The van der Waals surface area contributed by atoms with Gasteiger partial charge in [0.05, 0.1) is 0 Å². The Morgan fingerprint density at radius 3 is 2.75 bits per heavy atom. The summed E-state index contributed by atoms with van der Waals surface area (Å²) in [6, 6.07) is 12.7. The Morgan fingerprint density at radius 1 is 1.25 bits per heavy atom. The highest BCUT2D eigenvalue weighted by atomic mass is 16.5. The summed E-state index contributed by atoms with van der Waals surface area (Å²) in [4.78, 5) is 20.2. The van der Waals surface area contributed by atoms with Gasteiger partial charge in [0.2, 0.25) is 11.8 Å². The molecule has 0 saturated heterocycles. The predicted octanol–water partition coefficient (Wildman–Crippen LogP) is 2.34. The van der Waals surface area contributed by atoms with Crippen LogP contribution < -0.4 is 10.1 Å². The number of amides is 1. The van der Waals surface area contributed by atoms with Gasteiger partial charge in [-0.25, -0.2) is 14.6 Å². The largest absolute Gasteiger partial charge is 0.439 e. The van der Waals surface area contributed by atoms with Crippen LogP contribution in [0.3, 0.4) is 0 Å². The molecule has 0 bridgehead atoms. The number of aromatic nitrogens is 4. The van der Waals surface area contributed by atoms with Crippen molar-refractivity contribution < 1.29 is 9.53 Å². The van der Waals surface area contributed by atoms with Crippen LogP contribution in [0.25, 0.3) is 0 Å². The van der Waals surface area contributed by atoms with E-state index in [0.29, 0.717) is 12.4 Å². The third kappa shape index (κ3) is 3.95. The Kier molecular flexibility index (Phi) is 4.81. The van der Waals surface area contributed by atoms with Gasteiger partial charge in [-0.1, -0.05) is 24.3 Å². The fourth-order valence-corrected chi connectivity index (χ4v) is 2.06. The molecule has 1 amide bonds. The Morgan fingerprint density at radius 2 is 2.08 bits per heavy atom. The summed E-state index contributed by atoms with van der Waals surface area (Å²) < 4.78 is 7.13. The summed E-state index contributed by atoms with van der Waals surface area (Å²) in [5, 5.41) is 6.81. The van der Waals surface area contributed by atoms with E-state index < -0.39 is 6.04 Å². The summed E-state index contributed by atoms with van der Waals surface area (Å²) in [5.41, 5.74) is 0.884. The molecule has 0 radical (unpaired) electrons. The van der Waals surface area contributed by atoms with E-state index in [2.05, 4.69) is 20.4 Å². The van der Waals surface area contributed by atoms with Crippen molar-refractivity contribution in [2.75, 3.05) is 0 Å². The van der Waals surface area contributed by atoms with Crippen LogP contribution in [0.5, 0.6) is 11.6 Å². The molecule has 0 aliphatic heterocycles. The minimum atomic E-state index is -0.416. The highest BCUT2D eigenvalue weighted by Gasteiger charge is 2.14. The normalized spacial score (nSPS) is 11.7. The van der Waals surface area contributed by atoms with Crippen LogP contribution in [-0.4, -0.2) is 25.7 Å². The molecular formula is C17H17N5O2. The molecule has 24 heavy (non-hydrogen) atoms. The molecule has 2 heterocycles. The van der Waals surface area contributed by atoms with E-state index in [1.165, 1.54) is 17.3 Å². The van der Waals surface area contributed by atoms with Gasteiger partial charge in [0, 0.05) is 18.8 Å². The average Bonchev–Trinajstić information content (AvgIpc) is 3.16. The van der Waals surface area contributed by atoms with E-state index in [4.69, 9.17) is 4.74 Å². The summed E-state index contributed by atoms with van der Waals surface area (Å²) >= 11 is 0. The number of pyridine rings is 1. The van der Waals surface area contributed by atoms with Crippen molar-refractivity contribution >= 4 is 5.91 Å². The molecule has 2 aromatic heterocycles. The molecular weight excluding hydrogens is 306 g/mol. The maximum Gasteiger partial charge on any atom is 0.244 e. The SMILES string of the molecule is C[C@H](C(=O)NCc1ccc(Oc2ccccc2)nc1)n1cncn1. The average molecular weight is 323 g/mol. The number of rotatable bonds is 6. The molecule has 3 rings (SSSR count). The number of carbonyl (C=O) groups is 1. The second-order valence-corrected chi connectivity index (χ2v) is 5.19. The highest BCUT2D eigenvalue weighted by Crippen LogP contribution is 2.18. The molecule has 0 unspecified atom stereocenters. The van der Waals surface area contributed by atoms with Crippen LogP contribution in [-0.2, 0) is 11.3 Å². The van der Waals surface area contributed by atoms with Crippen molar-refractivity contribution in [3.05, 3.63) is 66.9 Å². The van der Waals surface area contributed by atoms with Crippen LogP contribution in [0.2, 0.25) is 0 Å². The van der Waals surface area contributed by atoms with Crippen LogP contribution in [0, 0.1) is 0 Å². The molecule has 0 aliphatic rings. The molecule has 7 heteroatoms. The first-order valence-corrected chi connectivity index (χ1v) is 7.52. The van der Waals surface area contributed by atoms with Gasteiger partial charge in [-0.3, -0.25) is 4.79 Å². The van der Waals surface area contributed by atoms with Crippen molar-refractivity contribution in [3.8, 4) is 11.6 Å². The first-order chi connectivity index (χ1) is 11.7. The van der Waals surface area contributed by atoms with E-state index in [-0.39, 0.29) is 5.91 Å². The monoisotopic (exact) mass is 323 g/mol. The lowest BCUT2D eigenvalue weighted by Crippen LogP contribution is -2.30. The quantitative estimate of drug-likeness (QED) is 0.753. The van der Waals surface area contributed by atoms with Crippen molar-refractivity contribution in [1.29, 1.82) is 0 Å². The Bertz CT molecular complexity index is 773. The topological polar surface area (TPSA) is 81.9 Å². The molecule has 1 aromatic carbocycles. The first kappa shape index (κ1) is 15.7. The molecule has 0 saturated carbocycles. The third-order valence-corrected chi connectivity index (χ3v) is 3.44. The second kappa shape index (κ2) is 7.36. The fraction of sp³-hybridized carbons (Fsp3) is 0.176. The van der Waals surface area contributed by atoms with Gasteiger partial charge in [-0.2, -0.15) is 5.10 Å². The summed E-state index contributed by atoms with van der Waals surface area (Å²) in [6.45, 7) is 2.15. The summed E-state index contributed by atoms with van der Waals surface area (Å²) in [7, 11) is 0. The zero-order valence-corrected chi connectivity index (χ0v) is 13.2. The van der Waals surface area contributed by atoms with E-state index >= 15 is 0 Å². The van der Waals surface area contributed by atoms with Crippen LogP contribution in [0.1, 0.15) is 18.5 Å². The van der Waals surface area contributed by atoms with E-state index in [1.54, 1.807) is 19.2 Å². The number of para-hydroxylation sites is 1. The number of nitrogens with one attached hydrogen (secondary N) is 1. The predicted molar refractivity (Wildman–Crippen MR) is 87.3 cm³/mol. The molecule has 7 nitrogen and oxygen atoms in total. The van der Waals surface area contributed by atoms with Crippen LogP contribution >= 0.6 is 0 Å². The van der Waals surface area contributed by atoms with E-state index in [9.17, 15) is 4.79 Å². The smallest absolute Gasteiger partial charge is 0.244 e. The first-order valence-electron chi connectivity index (χ1n) is 7.52. The number of hydrogen-bond donors (Lipinski definition) is 1. The Balaban J connectivity index is 1.54. The number of hydrogen-bond acceptors (Lipinski definition) is 5. The number of nitrogens with zero attached hydrogens (tertiary/aromatic N) is 4. The zero-order valence-electron chi connectivity index (χ0n) is 13.2. The minimum Gasteiger partial charge on any atom is -0.439 e. The van der Waals surface area contributed by atoms with E-state index in [0.717, 1.165) is 11.3 Å². The maximum absolute atomic E-state index is 12.1. The van der Waals surface area contributed by atoms with Gasteiger partial charge < -0.3 is 10.1 Å². The lowest BCUT2D eigenvalue weighted by Gasteiger charge is -2.12. The summed E-state index contributed by atoms with van der Waals surface area (Å²) in [6.07, 6.45) is 4.60. The number of carbonyl (C=O) groups excluding carboxylic acids is 1. The third-order valence-electron chi connectivity index (χ3n) is 3.44. The summed E-state index contributed by atoms with van der Waals surface area (Å²) in [5.74, 6) is 1.10.